The SMILES string of the molecule is COCCCNc1ncnc2c1CN(C1CCNC1)C(=O)CN2C. The molecule has 3 heterocycles. The van der Waals surface area contributed by atoms with E-state index in [0.29, 0.717) is 19.7 Å². The van der Waals surface area contributed by atoms with Crippen molar-refractivity contribution in [1.82, 2.24) is 20.2 Å². The van der Waals surface area contributed by atoms with Gasteiger partial charge in [0, 0.05) is 39.9 Å². The largest absolute Gasteiger partial charge is 0.385 e. The minimum Gasteiger partial charge on any atom is -0.385 e. The minimum absolute atomic E-state index is 0.148. The number of methoxy groups -OCH3 is 1. The summed E-state index contributed by atoms with van der Waals surface area (Å²) in [6.07, 6.45) is 3.46. The predicted octanol–water partition coefficient (Wildman–Crippen LogP) is 0.0653. The molecule has 1 amide bonds. The molecule has 0 radical (unpaired) electrons. The number of rotatable bonds is 6. The van der Waals surface area contributed by atoms with Gasteiger partial charge in [0.25, 0.3) is 0 Å². The molecular formula is C16H26N6O2. The third-order valence-electron chi connectivity index (χ3n) is 4.60. The first kappa shape index (κ1) is 16.9. The zero-order valence-corrected chi connectivity index (χ0v) is 14.4. The fraction of sp³-hybridized carbons (Fsp3) is 0.688. The standard InChI is InChI=1S/C16H26N6O2/c1-21-10-14(23)22(12-4-6-17-8-12)9-13-15(18-5-3-7-24-2)19-11-20-16(13)21/h11-12,17H,3-10H2,1-2H3,(H,18,19,20). The summed E-state index contributed by atoms with van der Waals surface area (Å²) in [5.41, 5.74) is 0.996. The average Bonchev–Trinajstić information content (AvgIpc) is 3.07. The molecule has 0 aliphatic carbocycles. The van der Waals surface area contributed by atoms with Gasteiger partial charge in [-0.2, -0.15) is 0 Å². The van der Waals surface area contributed by atoms with Gasteiger partial charge in [-0.3, -0.25) is 4.79 Å². The van der Waals surface area contributed by atoms with E-state index in [9.17, 15) is 4.79 Å². The molecule has 1 unspecified atom stereocenters. The third kappa shape index (κ3) is 3.59. The molecule has 3 rings (SSSR count). The summed E-state index contributed by atoms with van der Waals surface area (Å²) in [5.74, 6) is 1.80. The third-order valence-corrected chi connectivity index (χ3v) is 4.60. The molecule has 24 heavy (non-hydrogen) atoms. The van der Waals surface area contributed by atoms with Crippen molar-refractivity contribution < 1.29 is 9.53 Å². The van der Waals surface area contributed by atoms with E-state index in [1.54, 1.807) is 13.4 Å². The summed E-state index contributed by atoms with van der Waals surface area (Å²) < 4.78 is 5.09. The Morgan fingerprint density at radius 1 is 1.42 bits per heavy atom. The van der Waals surface area contributed by atoms with Crippen molar-refractivity contribution in [1.29, 1.82) is 0 Å². The quantitative estimate of drug-likeness (QED) is 0.712. The van der Waals surface area contributed by atoms with E-state index in [2.05, 4.69) is 20.6 Å². The number of aromatic nitrogens is 2. The highest BCUT2D eigenvalue weighted by molar-refractivity contribution is 5.84. The van der Waals surface area contributed by atoms with Crippen molar-refractivity contribution in [2.24, 2.45) is 0 Å². The summed E-state index contributed by atoms with van der Waals surface area (Å²) in [6, 6.07) is 0.249. The second kappa shape index (κ2) is 7.76. The number of likely N-dealkylation sites (N-methyl/N-ethyl adjacent to an activating group) is 1. The molecule has 2 aliphatic rings. The minimum atomic E-state index is 0.148. The maximum atomic E-state index is 12.7. The molecule has 132 valence electrons. The maximum Gasteiger partial charge on any atom is 0.242 e. The van der Waals surface area contributed by atoms with E-state index < -0.39 is 0 Å². The van der Waals surface area contributed by atoms with Crippen LogP contribution in [0.2, 0.25) is 0 Å². The summed E-state index contributed by atoms with van der Waals surface area (Å²) >= 11 is 0. The molecule has 0 bridgehead atoms. The van der Waals surface area contributed by atoms with Gasteiger partial charge >= 0.3 is 0 Å². The maximum absolute atomic E-state index is 12.7. The second-order valence-corrected chi connectivity index (χ2v) is 6.32. The fourth-order valence-electron chi connectivity index (χ4n) is 3.32. The van der Waals surface area contributed by atoms with Gasteiger partial charge in [-0.15, -0.1) is 0 Å². The van der Waals surface area contributed by atoms with Crippen LogP contribution >= 0.6 is 0 Å². The lowest BCUT2D eigenvalue weighted by Gasteiger charge is -2.27. The molecule has 0 saturated carbocycles. The first-order valence-electron chi connectivity index (χ1n) is 8.48. The highest BCUT2D eigenvalue weighted by atomic mass is 16.5. The van der Waals surface area contributed by atoms with Crippen LogP contribution in [0.15, 0.2) is 6.33 Å². The highest BCUT2D eigenvalue weighted by Gasteiger charge is 2.32. The molecule has 2 aliphatic heterocycles. The van der Waals surface area contributed by atoms with Crippen LogP contribution in [-0.2, 0) is 16.1 Å². The van der Waals surface area contributed by atoms with Gasteiger partial charge in [0.1, 0.15) is 18.0 Å². The van der Waals surface area contributed by atoms with Gasteiger partial charge in [-0.25, -0.2) is 9.97 Å². The lowest BCUT2D eigenvalue weighted by atomic mass is 10.2. The molecule has 0 aromatic carbocycles. The molecule has 8 nitrogen and oxygen atoms in total. The van der Waals surface area contributed by atoms with Crippen molar-refractivity contribution in [3.8, 4) is 0 Å². The van der Waals surface area contributed by atoms with Gasteiger partial charge < -0.3 is 25.2 Å². The first-order chi connectivity index (χ1) is 11.7. The topological polar surface area (TPSA) is 82.6 Å². The molecule has 1 saturated heterocycles. The highest BCUT2D eigenvalue weighted by Crippen LogP contribution is 2.28. The lowest BCUT2D eigenvalue weighted by Crippen LogP contribution is -2.43. The van der Waals surface area contributed by atoms with Crippen LogP contribution in [-0.4, -0.2) is 73.8 Å². The van der Waals surface area contributed by atoms with Crippen molar-refractivity contribution in [2.45, 2.75) is 25.4 Å². The van der Waals surface area contributed by atoms with Crippen LogP contribution in [0, 0.1) is 0 Å². The molecule has 0 spiro atoms. The summed E-state index contributed by atoms with van der Waals surface area (Å²) in [6.45, 7) is 4.21. The fourth-order valence-corrected chi connectivity index (χ4v) is 3.32. The van der Waals surface area contributed by atoms with Crippen LogP contribution in [0.25, 0.3) is 0 Å². The van der Waals surface area contributed by atoms with E-state index >= 15 is 0 Å². The van der Waals surface area contributed by atoms with Crippen LogP contribution in [0.1, 0.15) is 18.4 Å². The number of fused-ring (bicyclic) bond motifs is 1. The zero-order valence-electron chi connectivity index (χ0n) is 14.4. The van der Waals surface area contributed by atoms with Crippen molar-refractivity contribution in [2.75, 3.05) is 57.2 Å². The Morgan fingerprint density at radius 3 is 3.04 bits per heavy atom. The van der Waals surface area contributed by atoms with Crippen LogP contribution < -0.4 is 15.5 Å². The molecule has 1 aromatic heterocycles. The number of nitrogens with zero attached hydrogens (tertiary/aromatic N) is 4. The Hall–Kier alpha value is -1.93. The number of hydrogen-bond donors (Lipinski definition) is 2. The van der Waals surface area contributed by atoms with Crippen molar-refractivity contribution in [3.63, 3.8) is 0 Å². The van der Waals surface area contributed by atoms with E-state index in [0.717, 1.165) is 49.7 Å². The van der Waals surface area contributed by atoms with E-state index in [1.807, 2.05) is 16.8 Å². The van der Waals surface area contributed by atoms with Crippen LogP contribution in [0.3, 0.4) is 0 Å². The van der Waals surface area contributed by atoms with E-state index in [-0.39, 0.29) is 11.9 Å². The number of amides is 1. The number of ether oxygens (including phenoxy) is 1. The van der Waals surface area contributed by atoms with Crippen LogP contribution in [0.5, 0.6) is 0 Å². The van der Waals surface area contributed by atoms with Gasteiger partial charge in [-0.1, -0.05) is 0 Å². The van der Waals surface area contributed by atoms with Gasteiger partial charge in [0.2, 0.25) is 5.91 Å². The van der Waals surface area contributed by atoms with Crippen molar-refractivity contribution in [3.05, 3.63) is 11.9 Å². The monoisotopic (exact) mass is 334 g/mol. The molecular weight excluding hydrogens is 308 g/mol. The second-order valence-electron chi connectivity index (χ2n) is 6.32. The zero-order chi connectivity index (χ0) is 16.9. The van der Waals surface area contributed by atoms with Crippen molar-refractivity contribution >= 4 is 17.5 Å². The number of hydrogen-bond acceptors (Lipinski definition) is 7. The van der Waals surface area contributed by atoms with Gasteiger partial charge in [-0.05, 0) is 19.4 Å². The molecule has 8 heteroatoms. The smallest absolute Gasteiger partial charge is 0.242 e. The Morgan fingerprint density at radius 2 is 2.29 bits per heavy atom. The molecule has 2 N–H and O–H groups in total. The Labute approximate surface area is 142 Å². The Balaban J connectivity index is 1.83. The van der Waals surface area contributed by atoms with E-state index in [1.165, 1.54) is 0 Å². The lowest BCUT2D eigenvalue weighted by molar-refractivity contribution is -0.132. The number of carbonyl (C=O) groups excluding carboxylic acids is 1. The average molecular weight is 334 g/mol. The van der Waals surface area contributed by atoms with Gasteiger partial charge in [0.15, 0.2) is 0 Å². The Bertz CT molecular complexity index is 576. The molecule has 1 aromatic rings. The number of anilines is 2. The number of carbonyl (C=O) groups is 1. The van der Waals surface area contributed by atoms with Gasteiger partial charge in [0.05, 0.1) is 18.7 Å². The first-order valence-corrected chi connectivity index (χ1v) is 8.48. The normalized spacial score (nSPS) is 20.9. The molecule has 1 atom stereocenters. The predicted molar refractivity (Wildman–Crippen MR) is 92.1 cm³/mol. The summed E-state index contributed by atoms with van der Waals surface area (Å²) in [7, 11) is 3.61. The summed E-state index contributed by atoms with van der Waals surface area (Å²) in [5, 5.41) is 6.71. The summed E-state index contributed by atoms with van der Waals surface area (Å²) in [4.78, 5) is 25.4. The molecule has 1 fully saturated rings. The van der Waals surface area contributed by atoms with Crippen LogP contribution in [0.4, 0.5) is 11.6 Å². The number of nitrogens with one attached hydrogen (secondary N) is 2. The Kier molecular flexibility index (Phi) is 5.47. The van der Waals surface area contributed by atoms with E-state index in [4.69, 9.17) is 4.74 Å².